The number of carbonyl (C=O) groups is 1. The normalized spacial score (nSPS) is 13.3. The molecule has 0 aliphatic heterocycles. The van der Waals surface area contributed by atoms with Crippen LogP contribution in [-0.4, -0.2) is 15.9 Å². The van der Waals surface area contributed by atoms with Crippen molar-refractivity contribution in [2.24, 2.45) is 10.8 Å². The van der Waals surface area contributed by atoms with E-state index in [-0.39, 0.29) is 47.9 Å². The van der Waals surface area contributed by atoms with Crippen LogP contribution in [0.5, 0.6) is 0 Å². The second-order valence-corrected chi connectivity index (χ2v) is 16.0. The van der Waals surface area contributed by atoms with E-state index in [0.29, 0.717) is 0 Å². The van der Waals surface area contributed by atoms with Crippen LogP contribution in [0.3, 0.4) is 0 Å². The summed E-state index contributed by atoms with van der Waals surface area (Å²) in [6, 6.07) is 25.7. The first-order valence-electron chi connectivity index (χ1n) is 17.7. The van der Waals surface area contributed by atoms with Crippen LogP contribution in [0.4, 0.5) is 0 Å². The fourth-order valence-corrected chi connectivity index (χ4v) is 7.86. The molecule has 1 radical (unpaired) electrons. The molecule has 6 rings (SSSR count). The molecule has 49 heavy (non-hydrogen) atoms. The molecule has 0 saturated heterocycles. The maximum atomic E-state index is 12.2. The Morgan fingerprint density at radius 3 is 2.16 bits per heavy atom. The van der Waals surface area contributed by atoms with Crippen molar-refractivity contribution < 1.29 is 30.0 Å². The van der Waals surface area contributed by atoms with Gasteiger partial charge in [-0.2, -0.15) is 0 Å². The van der Waals surface area contributed by atoms with Crippen molar-refractivity contribution in [2.45, 2.75) is 106 Å². The van der Waals surface area contributed by atoms with Gasteiger partial charge in [0.15, 0.2) is 5.78 Å². The molecule has 2 heterocycles. The van der Waals surface area contributed by atoms with Gasteiger partial charge in [0.1, 0.15) is 5.76 Å². The quantitative estimate of drug-likeness (QED) is 0.0961. The monoisotopic (exact) mass is 851 g/mol. The fourth-order valence-electron chi connectivity index (χ4n) is 6.65. The minimum atomic E-state index is -0.337. The summed E-state index contributed by atoms with van der Waals surface area (Å²) in [4.78, 5) is 18.6. The number of nitrogens with zero attached hydrogens (tertiary/aromatic N) is 1. The Hall–Kier alpha value is -3.11. The van der Waals surface area contributed by atoms with E-state index in [2.05, 4.69) is 87.5 Å². The third kappa shape index (κ3) is 7.65. The molecular weight excluding hydrogens is 799 g/mol. The second kappa shape index (κ2) is 15.4. The summed E-state index contributed by atoms with van der Waals surface area (Å²) in [6.07, 6.45) is 8.95. The van der Waals surface area contributed by atoms with Gasteiger partial charge in [-0.25, -0.2) is 0 Å². The molecule has 3 aromatic carbocycles. The minimum absolute atomic E-state index is 0. The van der Waals surface area contributed by atoms with Crippen LogP contribution in [0, 0.1) is 16.9 Å². The molecule has 261 valence electrons. The standard InChI is InChI=1S/C29H24NS.C15H28O2.Ir/c1-29(2,3)23-17-20(16-19-9-5-6-10-21(19)23)28-27-25(14-15-30-28)31-24-13-12-18-8-4-7-11-22(18)26(24)27;1-7-14(5,8-2)12(16)11-13(17)15(6,9-3)10-4;/h4-11,14-15,17H,12-13H2,1-3H3;11,16H,7-10H2,1-6H3;/q-1;;/b;12-11-;. The molecule has 5 aromatic rings. The van der Waals surface area contributed by atoms with E-state index in [0.717, 1.165) is 55.2 Å². The van der Waals surface area contributed by atoms with Gasteiger partial charge in [-0.1, -0.05) is 116 Å². The third-order valence-electron chi connectivity index (χ3n) is 11.0. The summed E-state index contributed by atoms with van der Waals surface area (Å²) in [5, 5.41) is 13.9. The number of pyridine rings is 1. The predicted octanol–water partition coefficient (Wildman–Crippen LogP) is 12.6. The molecule has 0 amide bonds. The van der Waals surface area contributed by atoms with Crippen LogP contribution in [0.2, 0.25) is 0 Å². The van der Waals surface area contributed by atoms with Crippen LogP contribution in [0.1, 0.15) is 104 Å². The Labute approximate surface area is 311 Å². The van der Waals surface area contributed by atoms with Crippen LogP contribution in [-0.2, 0) is 43.2 Å². The van der Waals surface area contributed by atoms with Crippen LogP contribution < -0.4 is 0 Å². The molecule has 2 aromatic heterocycles. The first-order chi connectivity index (χ1) is 22.8. The molecule has 3 nitrogen and oxygen atoms in total. The van der Waals surface area contributed by atoms with Gasteiger partial charge in [0, 0.05) is 58.5 Å². The Balaban J connectivity index is 0.000000260. The Morgan fingerprint density at radius 2 is 1.51 bits per heavy atom. The minimum Gasteiger partial charge on any atom is -0.512 e. The van der Waals surface area contributed by atoms with Gasteiger partial charge in [-0.05, 0) is 72.1 Å². The molecule has 1 aliphatic rings. The molecule has 0 atom stereocenters. The number of fused-ring (bicyclic) bond motifs is 6. The third-order valence-corrected chi connectivity index (χ3v) is 12.2. The van der Waals surface area contributed by atoms with Crippen molar-refractivity contribution in [3.63, 3.8) is 0 Å². The van der Waals surface area contributed by atoms with E-state index in [1.807, 2.05) is 59.1 Å². The Kier molecular flexibility index (Phi) is 12.2. The maximum Gasteiger partial charge on any atom is 0.164 e. The van der Waals surface area contributed by atoms with Crippen LogP contribution in [0.15, 0.2) is 78.7 Å². The van der Waals surface area contributed by atoms with Crippen molar-refractivity contribution in [3.8, 4) is 22.4 Å². The summed E-state index contributed by atoms with van der Waals surface area (Å²) in [5.41, 5.74) is 7.15. The van der Waals surface area contributed by atoms with Gasteiger partial charge < -0.3 is 5.11 Å². The van der Waals surface area contributed by atoms with Crippen LogP contribution in [0.25, 0.3) is 43.2 Å². The number of hydrogen-bond acceptors (Lipinski definition) is 4. The number of aliphatic hydroxyl groups excluding tert-OH is 1. The zero-order valence-electron chi connectivity index (χ0n) is 30.7. The first-order valence-corrected chi connectivity index (χ1v) is 18.5. The number of hydrogen-bond donors (Lipinski definition) is 1. The zero-order valence-corrected chi connectivity index (χ0v) is 33.9. The van der Waals surface area contributed by atoms with E-state index in [4.69, 9.17) is 4.98 Å². The van der Waals surface area contributed by atoms with Gasteiger partial charge in [0.2, 0.25) is 0 Å². The van der Waals surface area contributed by atoms with Gasteiger partial charge in [0.05, 0.1) is 0 Å². The fraction of sp³-hybridized carbons (Fsp3) is 0.409. The molecule has 0 unspecified atom stereocenters. The van der Waals surface area contributed by atoms with E-state index < -0.39 is 0 Å². The number of aryl methyl sites for hydroxylation is 2. The molecule has 0 saturated carbocycles. The summed E-state index contributed by atoms with van der Waals surface area (Å²) < 4.78 is 1.32. The SMILES string of the molecule is CC(C)(C)c1cc(-c2nccc3sc4c(c23)-c2ccccc2CC4)[c-]c2ccccc12.CCC(C)(CC)C(=O)/C=C(\O)C(C)(CC)CC.[Ir]. The summed E-state index contributed by atoms with van der Waals surface area (Å²) >= 11 is 1.93. The predicted molar refractivity (Wildman–Crippen MR) is 206 cm³/mol. The molecular formula is C44H52IrNO2S-. The van der Waals surface area contributed by atoms with E-state index in [9.17, 15) is 9.90 Å². The van der Waals surface area contributed by atoms with Crippen molar-refractivity contribution in [3.05, 3.63) is 101 Å². The summed E-state index contributed by atoms with van der Waals surface area (Å²) in [6.45, 7) is 18.9. The summed E-state index contributed by atoms with van der Waals surface area (Å²) in [5.74, 6) is 0.286. The average molecular weight is 851 g/mol. The maximum absolute atomic E-state index is 12.2. The largest absolute Gasteiger partial charge is 0.512 e. The number of carbonyl (C=O) groups excluding carboxylic acids is 1. The molecule has 1 N–H and O–H groups in total. The smallest absolute Gasteiger partial charge is 0.164 e. The summed E-state index contributed by atoms with van der Waals surface area (Å²) in [7, 11) is 0. The second-order valence-electron chi connectivity index (χ2n) is 14.9. The molecule has 5 heteroatoms. The Bertz CT molecular complexity index is 1970. The van der Waals surface area contributed by atoms with Crippen LogP contribution >= 0.6 is 11.3 Å². The molecule has 0 fully saturated rings. The molecule has 1 aliphatic carbocycles. The first kappa shape index (κ1) is 38.7. The van der Waals surface area contributed by atoms with Crippen molar-refractivity contribution in [1.82, 2.24) is 4.98 Å². The van der Waals surface area contributed by atoms with Crippen molar-refractivity contribution >= 4 is 38.0 Å². The van der Waals surface area contributed by atoms with E-state index in [1.54, 1.807) is 0 Å². The number of ketones is 1. The van der Waals surface area contributed by atoms with Gasteiger partial charge in [-0.15, -0.1) is 40.5 Å². The topological polar surface area (TPSA) is 50.2 Å². The number of allylic oxidation sites excluding steroid dienone is 2. The van der Waals surface area contributed by atoms with Crippen molar-refractivity contribution in [1.29, 1.82) is 0 Å². The van der Waals surface area contributed by atoms with Crippen molar-refractivity contribution in [2.75, 3.05) is 0 Å². The molecule has 0 bridgehead atoms. The number of aromatic nitrogens is 1. The van der Waals surface area contributed by atoms with Gasteiger partial charge in [-0.3, -0.25) is 9.78 Å². The zero-order chi connectivity index (χ0) is 34.9. The van der Waals surface area contributed by atoms with E-state index in [1.165, 1.54) is 48.7 Å². The number of aliphatic hydroxyl groups is 1. The number of rotatable bonds is 8. The number of benzene rings is 3. The van der Waals surface area contributed by atoms with E-state index >= 15 is 0 Å². The Morgan fingerprint density at radius 1 is 0.878 bits per heavy atom. The number of thiophene rings is 1. The average Bonchev–Trinajstić information content (AvgIpc) is 3.49. The van der Waals surface area contributed by atoms with Gasteiger partial charge >= 0.3 is 0 Å². The molecule has 0 spiro atoms. The van der Waals surface area contributed by atoms with Gasteiger partial charge in [0.25, 0.3) is 0 Å².